The summed E-state index contributed by atoms with van der Waals surface area (Å²) in [5, 5.41) is 3.31. The lowest BCUT2D eigenvalue weighted by Crippen LogP contribution is -2.14. The van der Waals surface area contributed by atoms with Crippen LogP contribution >= 0.6 is 11.6 Å². The van der Waals surface area contributed by atoms with E-state index in [2.05, 4.69) is 15.3 Å². The summed E-state index contributed by atoms with van der Waals surface area (Å²) in [6.45, 7) is 1.88. The third-order valence-electron chi connectivity index (χ3n) is 2.53. The molecule has 1 aromatic heterocycles. The number of amides is 1. The Morgan fingerprint density at radius 3 is 2.84 bits per heavy atom. The number of methoxy groups -OCH3 is 1. The second-order valence-electron chi connectivity index (χ2n) is 3.86. The zero-order valence-electron chi connectivity index (χ0n) is 10.5. The first-order valence-electron chi connectivity index (χ1n) is 5.53. The minimum absolute atomic E-state index is 0.228. The molecule has 6 heteroatoms. The number of carbonyl (C=O) groups excluding carboxylic acids is 1. The van der Waals surface area contributed by atoms with E-state index in [4.69, 9.17) is 16.3 Å². The van der Waals surface area contributed by atoms with Crippen LogP contribution in [-0.2, 0) is 0 Å². The Hall–Kier alpha value is -2.14. The van der Waals surface area contributed by atoms with Gasteiger partial charge in [-0.3, -0.25) is 4.79 Å². The van der Waals surface area contributed by atoms with Crippen molar-refractivity contribution in [2.75, 3.05) is 12.4 Å². The number of hydrogen-bond donors (Lipinski definition) is 1. The van der Waals surface area contributed by atoms with E-state index in [0.29, 0.717) is 16.6 Å². The lowest BCUT2D eigenvalue weighted by atomic mass is 10.2. The minimum atomic E-state index is -0.342. The molecule has 5 nitrogen and oxygen atoms in total. The molecular weight excluding hydrogens is 266 g/mol. The summed E-state index contributed by atoms with van der Waals surface area (Å²) >= 11 is 5.90. The molecule has 0 aliphatic rings. The predicted molar refractivity (Wildman–Crippen MR) is 72.7 cm³/mol. The van der Waals surface area contributed by atoms with Crippen molar-refractivity contribution in [3.63, 3.8) is 0 Å². The average molecular weight is 278 g/mol. The number of ether oxygens (including phenoxy) is 1. The van der Waals surface area contributed by atoms with Gasteiger partial charge in [0.15, 0.2) is 0 Å². The van der Waals surface area contributed by atoms with Crippen LogP contribution in [0.5, 0.6) is 5.88 Å². The Labute approximate surface area is 115 Å². The summed E-state index contributed by atoms with van der Waals surface area (Å²) in [5.74, 6) is -0.00553. The molecule has 1 amide bonds. The van der Waals surface area contributed by atoms with Crippen molar-refractivity contribution in [1.29, 1.82) is 0 Å². The Morgan fingerprint density at radius 2 is 2.11 bits per heavy atom. The molecule has 0 bridgehead atoms. The molecule has 98 valence electrons. The SMILES string of the molecule is COc1cc(C(=O)Nc2cc(Cl)ccc2C)ncn1. The summed E-state index contributed by atoms with van der Waals surface area (Å²) in [7, 11) is 1.48. The standard InChI is InChI=1S/C13H12ClN3O2/c1-8-3-4-9(14)5-10(8)17-13(18)11-6-12(19-2)16-7-15-11/h3-7H,1-2H3,(H,17,18). The molecular formula is C13H12ClN3O2. The molecule has 19 heavy (non-hydrogen) atoms. The van der Waals surface area contributed by atoms with Gasteiger partial charge in [0.05, 0.1) is 7.11 Å². The summed E-state index contributed by atoms with van der Waals surface area (Å²) in [4.78, 5) is 19.8. The fourth-order valence-corrected chi connectivity index (χ4v) is 1.66. The van der Waals surface area contributed by atoms with E-state index in [0.717, 1.165) is 5.56 Å². The number of carbonyl (C=O) groups is 1. The average Bonchev–Trinajstić information content (AvgIpc) is 2.43. The van der Waals surface area contributed by atoms with Gasteiger partial charge in [-0.25, -0.2) is 9.97 Å². The molecule has 0 fully saturated rings. The van der Waals surface area contributed by atoms with Gasteiger partial charge in [-0.1, -0.05) is 17.7 Å². The van der Waals surface area contributed by atoms with Gasteiger partial charge in [0.1, 0.15) is 12.0 Å². The van der Waals surface area contributed by atoms with Crippen molar-refractivity contribution >= 4 is 23.2 Å². The molecule has 0 aliphatic carbocycles. The van der Waals surface area contributed by atoms with E-state index in [1.54, 1.807) is 12.1 Å². The van der Waals surface area contributed by atoms with Gasteiger partial charge in [-0.05, 0) is 24.6 Å². The number of rotatable bonds is 3. The third-order valence-corrected chi connectivity index (χ3v) is 2.77. The quantitative estimate of drug-likeness (QED) is 0.937. The van der Waals surface area contributed by atoms with E-state index in [-0.39, 0.29) is 11.6 Å². The Balaban J connectivity index is 2.22. The lowest BCUT2D eigenvalue weighted by Gasteiger charge is -2.08. The molecule has 0 aliphatic heterocycles. The van der Waals surface area contributed by atoms with Crippen LogP contribution in [0, 0.1) is 6.92 Å². The van der Waals surface area contributed by atoms with Crippen molar-refractivity contribution < 1.29 is 9.53 Å². The molecule has 2 aromatic rings. The second kappa shape index (κ2) is 5.67. The van der Waals surface area contributed by atoms with Crippen molar-refractivity contribution in [2.24, 2.45) is 0 Å². The van der Waals surface area contributed by atoms with Crippen LogP contribution in [0.2, 0.25) is 5.02 Å². The van der Waals surface area contributed by atoms with Gasteiger partial charge in [0.25, 0.3) is 5.91 Å². The summed E-state index contributed by atoms with van der Waals surface area (Å²) in [6.07, 6.45) is 1.28. The molecule has 1 heterocycles. The highest BCUT2D eigenvalue weighted by Crippen LogP contribution is 2.20. The zero-order chi connectivity index (χ0) is 13.8. The first-order chi connectivity index (χ1) is 9.10. The van der Waals surface area contributed by atoms with Gasteiger partial charge in [-0.2, -0.15) is 0 Å². The van der Waals surface area contributed by atoms with Crippen LogP contribution in [0.25, 0.3) is 0 Å². The van der Waals surface area contributed by atoms with E-state index < -0.39 is 0 Å². The third kappa shape index (κ3) is 3.20. The maximum atomic E-state index is 12.0. The Bertz CT molecular complexity index is 617. The molecule has 2 rings (SSSR count). The molecule has 0 atom stereocenters. The van der Waals surface area contributed by atoms with Gasteiger partial charge >= 0.3 is 0 Å². The fraction of sp³-hybridized carbons (Fsp3) is 0.154. The van der Waals surface area contributed by atoms with Gasteiger partial charge < -0.3 is 10.1 Å². The largest absolute Gasteiger partial charge is 0.481 e. The van der Waals surface area contributed by atoms with Crippen molar-refractivity contribution in [3.05, 3.63) is 46.9 Å². The monoisotopic (exact) mass is 277 g/mol. The highest BCUT2D eigenvalue weighted by molar-refractivity contribution is 6.31. The van der Waals surface area contributed by atoms with Crippen LogP contribution in [0.3, 0.4) is 0 Å². The number of anilines is 1. The molecule has 0 saturated heterocycles. The number of benzene rings is 1. The van der Waals surface area contributed by atoms with E-state index in [1.165, 1.54) is 19.5 Å². The minimum Gasteiger partial charge on any atom is -0.481 e. The highest BCUT2D eigenvalue weighted by atomic mass is 35.5. The van der Waals surface area contributed by atoms with Crippen LogP contribution in [-0.4, -0.2) is 23.0 Å². The first kappa shape index (κ1) is 13.3. The number of aryl methyl sites for hydroxylation is 1. The number of nitrogens with zero attached hydrogens (tertiary/aromatic N) is 2. The number of halogens is 1. The first-order valence-corrected chi connectivity index (χ1v) is 5.91. The van der Waals surface area contributed by atoms with Crippen molar-refractivity contribution in [1.82, 2.24) is 9.97 Å². The smallest absolute Gasteiger partial charge is 0.274 e. The fourth-order valence-electron chi connectivity index (χ4n) is 1.49. The summed E-state index contributed by atoms with van der Waals surface area (Å²) in [5.41, 5.74) is 1.79. The number of aromatic nitrogens is 2. The lowest BCUT2D eigenvalue weighted by molar-refractivity contribution is 0.102. The topological polar surface area (TPSA) is 64.1 Å². The van der Waals surface area contributed by atoms with Crippen molar-refractivity contribution in [2.45, 2.75) is 6.92 Å². The highest BCUT2D eigenvalue weighted by Gasteiger charge is 2.11. The summed E-state index contributed by atoms with van der Waals surface area (Å²) < 4.78 is 4.95. The Morgan fingerprint density at radius 1 is 1.32 bits per heavy atom. The normalized spacial score (nSPS) is 10.1. The van der Waals surface area contributed by atoms with Crippen LogP contribution in [0.1, 0.15) is 16.1 Å². The van der Waals surface area contributed by atoms with E-state index in [9.17, 15) is 4.79 Å². The molecule has 0 radical (unpaired) electrons. The van der Waals surface area contributed by atoms with Gasteiger partial charge in [0, 0.05) is 16.8 Å². The van der Waals surface area contributed by atoms with E-state index in [1.807, 2.05) is 13.0 Å². The summed E-state index contributed by atoms with van der Waals surface area (Å²) in [6, 6.07) is 6.75. The second-order valence-corrected chi connectivity index (χ2v) is 4.30. The van der Waals surface area contributed by atoms with Crippen LogP contribution in [0.15, 0.2) is 30.6 Å². The van der Waals surface area contributed by atoms with E-state index >= 15 is 0 Å². The molecule has 0 spiro atoms. The number of hydrogen-bond acceptors (Lipinski definition) is 4. The predicted octanol–water partition coefficient (Wildman–Crippen LogP) is 2.70. The van der Waals surface area contributed by atoms with Gasteiger partial charge in [0.2, 0.25) is 5.88 Å². The molecule has 1 N–H and O–H groups in total. The maximum absolute atomic E-state index is 12.0. The van der Waals surface area contributed by atoms with Gasteiger partial charge in [-0.15, -0.1) is 0 Å². The van der Waals surface area contributed by atoms with Crippen LogP contribution in [0.4, 0.5) is 5.69 Å². The van der Waals surface area contributed by atoms with Crippen molar-refractivity contribution in [3.8, 4) is 5.88 Å². The molecule has 1 aromatic carbocycles. The maximum Gasteiger partial charge on any atom is 0.274 e. The molecule has 0 unspecified atom stereocenters. The Kier molecular flexibility index (Phi) is 3.97. The van der Waals surface area contributed by atoms with Crippen LogP contribution < -0.4 is 10.1 Å². The molecule has 0 saturated carbocycles. The number of nitrogens with one attached hydrogen (secondary N) is 1. The zero-order valence-corrected chi connectivity index (χ0v) is 11.2.